The fourth-order valence-electron chi connectivity index (χ4n) is 3.40. The van der Waals surface area contributed by atoms with Crippen molar-refractivity contribution < 1.29 is 32.2 Å². The number of hydrogen-bond acceptors (Lipinski definition) is 4. The highest BCUT2D eigenvalue weighted by Gasteiger charge is 2.53. The van der Waals surface area contributed by atoms with Gasteiger partial charge in [-0.3, -0.25) is 4.79 Å². The minimum absolute atomic E-state index is 0.0742. The van der Waals surface area contributed by atoms with Gasteiger partial charge >= 0.3 is 5.97 Å². The molecule has 0 bridgehead atoms. The average molecular weight is 375 g/mol. The minimum Gasteiger partial charge on any atom is -0.481 e. The van der Waals surface area contributed by atoms with Crippen molar-refractivity contribution in [2.45, 2.75) is 36.7 Å². The van der Waals surface area contributed by atoms with Crippen LogP contribution >= 0.6 is 0 Å². The summed E-state index contributed by atoms with van der Waals surface area (Å²) in [5.74, 6) is -3.14. The maximum atomic E-state index is 13.9. The second-order valence-corrected chi connectivity index (χ2v) is 8.73. The number of aliphatic hydroxyl groups is 1. The molecule has 25 heavy (non-hydrogen) atoms. The van der Waals surface area contributed by atoms with E-state index in [2.05, 4.69) is 0 Å². The third-order valence-corrected chi connectivity index (χ3v) is 6.90. The third-order valence-electron chi connectivity index (χ3n) is 5.04. The standard InChI is InChI=1S/C16H19F2NO5S/c17-11-3-4-12(18)13(7-11)25(23,24)19-6-5-14(20)16(9-19,15(21)22)8-10-1-2-10/h3-4,7,10,14,20H,1-2,5-6,8-9H2,(H,21,22)/t14-,16+/m1/s1. The summed E-state index contributed by atoms with van der Waals surface area (Å²) in [6.07, 6.45) is 0.588. The van der Waals surface area contributed by atoms with Gasteiger partial charge in [0.05, 0.1) is 6.10 Å². The third kappa shape index (κ3) is 3.28. The number of hydrogen-bond donors (Lipinski definition) is 2. The van der Waals surface area contributed by atoms with Gasteiger partial charge in [-0.05, 0) is 37.0 Å². The second-order valence-electron chi connectivity index (χ2n) is 6.83. The quantitative estimate of drug-likeness (QED) is 0.815. The predicted octanol–water partition coefficient (Wildman–Crippen LogP) is 1.59. The maximum Gasteiger partial charge on any atom is 0.313 e. The number of aliphatic hydroxyl groups excluding tert-OH is 1. The molecule has 2 fully saturated rings. The number of carboxylic acids is 1. The van der Waals surface area contributed by atoms with E-state index in [1.807, 2.05) is 0 Å². The lowest BCUT2D eigenvalue weighted by atomic mass is 9.74. The Balaban J connectivity index is 1.96. The first-order chi connectivity index (χ1) is 11.7. The largest absolute Gasteiger partial charge is 0.481 e. The van der Waals surface area contributed by atoms with E-state index in [-0.39, 0.29) is 25.3 Å². The van der Waals surface area contributed by atoms with E-state index in [0.29, 0.717) is 6.07 Å². The van der Waals surface area contributed by atoms with E-state index < -0.39 is 50.6 Å². The summed E-state index contributed by atoms with van der Waals surface area (Å²) in [7, 11) is -4.41. The summed E-state index contributed by atoms with van der Waals surface area (Å²) in [5, 5.41) is 20.0. The molecule has 0 aromatic heterocycles. The fourth-order valence-corrected chi connectivity index (χ4v) is 5.00. The number of sulfonamides is 1. The van der Waals surface area contributed by atoms with E-state index in [0.717, 1.165) is 29.3 Å². The van der Waals surface area contributed by atoms with Crippen molar-refractivity contribution in [3.8, 4) is 0 Å². The van der Waals surface area contributed by atoms with Crippen LogP contribution in [0.3, 0.4) is 0 Å². The summed E-state index contributed by atoms with van der Waals surface area (Å²) < 4.78 is 53.6. The van der Waals surface area contributed by atoms with Gasteiger partial charge in [-0.2, -0.15) is 4.31 Å². The van der Waals surface area contributed by atoms with Crippen LogP contribution in [-0.4, -0.2) is 48.1 Å². The summed E-state index contributed by atoms with van der Waals surface area (Å²) >= 11 is 0. The van der Waals surface area contributed by atoms with Crippen LogP contribution < -0.4 is 0 Å². The number of benzene rings is 1. The van der Waals surface area contributed by atoms with Crippen molar-refractivity contribution in [3.63, 3.8) is 0 Å². The number of halogens is 2. The molecular formula is C16H19F2NO5S. The molecule has 1 heterocycles. The van der Waals surface area contributed by atoms with Crippen LogP contribution in [0.15, 0.2) is 23.1 Å². The summed E-state index contributed by atoms with van der Waals surface area (Å²) in [6.45, 7) is -0.614. The zero-order valence-corrected chi connectivity index (χ0v) is 14.2. The van der Waals surface area contributed by atoms with Crippen LogP contribution in [0.5, 0.6) is 0 Å². The second kappa shape index (κ2) is 6.30. The fraction of sp³-hybridized carbons (Fsp3) is 0.562. The molecule has 1 aliphatic carbocycles. The Bertz CT molecular complexity index is 796. The molecule has 0 spiro atoms. The monoisotopic (exact) mass is 375 g/mol. The highest BCUT2D eigenvalue weighted by Crippen LogP contribution is 2.45. The van der Waals surface area contributed by atoms with Crippen LogP contribution in [-0.2, 0) is 14.8 Å². The molecule has 0 amide bonds. The van der Waals surface area contributed by atoms with Gasteiger partial charge in [0.2, 0.25) is 10.0 Å². The Morgan fingerprint density at radius 1 is 1.28 bits per heavy atom. The number of carboxylic acid groups (broad SMARTS) is 1. The molecule has 3 rings (SSSR count). The van der Waals surface area contributed by atoms with Crippen LogP contribution in [0.1, 0.15) is 25.7 Å². The Labute approximate surface area is 144 Å². The van der Waals surface area contributed by atoms with Gasteiger partial charge in [0.25, 0.3) is 0 Å². The predicted molar refractivity (Wildman–Crippen MR) is 83.2 cm³/mol. The zero-order chi connectivity index (χ0) is 18.4. The van der Waals surface area contributed by atoms with Gasteiger partial charge in [-0.1, -0.05) is 12.8 Å². The van der Waals surface area contributed by atoms with Gasteiger partial charge in [0, 0.05) is 13.1 Å². The van der Waals surface area contributed by atoms with Gasteiger partial charge < -0.3 is 10.2 Å². The van der Waals surface area contributed by atoms with E-state index in [1.54, 1.807) is 0 Å². The lowest BCUT2D eigenvalue weighted by Gasteiger charge is -2.42. The molecule has 2 aliphatic rings. The summed E-state index contributed by atoms with van der Waals surface area (Å²) in [6, 6.07) is 2.11. The first-order valence-corrected chi connectivity index (χ1v) is 9.47. The molecule has 1 saturated heterocycles. The van der Waals surface area contributed by atoms with Crippen molar-refractivity contribution in [2.75, 3.05) is 13.1 Å². The van der Waals surface area contributed by atoms with Crippen molar-refractivity contribution >= 4 is 16.0 Å². The van der Waals surface area contributed by atoms with Crippen LogP contribution in [0.4, 0.5) is 8.78 Å². The van der Waals surface area contributed by atoms with E-state index in [4.69, 9.17) is 0 Å². The summed E-state index contributed by atoms with van der Waals surface area (Å²) in [5.41, 5.74) is -1.63. The number of carbonyl (C=O) groups is 1. The molecule has 1 aromatic carbocycles. The number of aliphatic carboxylic acids is 1. The van der Waals surface area contributed by atoms with E-state index >= 15 is 0 Å². The Morgan fingerprint density at radius 3 is 2.56 bits per heavy atom. The van der Waals surface area contributed by atoms with Gasteiger partial charge in [0.1, 0.15) is 21.9 Å². The highest BCUT2D eigenvalue weighted by molar-refractivity contribution is 7.89. The summed E-state index contributed by atoms with van der Waals surface area (Å²) in [4.78, 5) is 11.0. The lowest BCUT2D eigenvalue weighted by Crippen LogP contribution is -2.57. The molecule has 2 N–H and O–H groups in total. The van der Waals surface area contributed by atoms with Gasteiger partial charge in [-0.15, -0.1) is 0 Å². The zero-order valence-electron chi connectivity index (χ0n) is 13.4. The Morgan fingerprint density at radius 2 is 1.96 bits per heavy atom. The van der Waals surface area contributed by atoms with Crippen molar-refractivity contribution in [1.82, 2.24) is 4.31 Å². The molecule has 9 heteroatoms. The topological polar surface area (TPSA) is 94.9 Å². The molecular weight excluding hydrogens is 356 g/mol. The van der Waals surface area contributed by atoms with Crippen LogP contribution in [0.2, 0.25) is 0 Å². The molecule has 2 atom stereocenters. The maximum absolute atomic E-state index is 13.9. The molecule has 6 nitrogen and oxygen atoms in total. The van der Waals surface area contributed by atoms with Crippen molar-refractivity contribution in [2.24, 2.45) is 11.3 Å². The smallest absolute Gasteiger partial charge is 0.313 e. The van der Waals surface area contributed by atoms with E-state index in [9.17, 15) is 32.2 Å². The highest BCUT2D eigenvalue weighted by atomic mass is 32.2. The van der Waals surface area contributed by atoms with Crippen LogP contribution in [0.25, 0.3) is 0 Å². The minimum atomic E-state index is -4.41. The van der Waals surface area contributed by atoms with Gasteiger partial charge in [0.15, 0.2) is 0 Å². The number of rotatable bonds is 5. The number of nitrogens with zero attached hydrogens (tertiary/aromatic N) is 1. The van der Waals surface area contributed by atoms with Gasteiger partial charge in [-0.25, -0.2) is 17.2 Å². The molecule has 138 valence electrons. The molecule has 1 aliphatic heterocycles. The molecule has 0 unspecified atom stereocenters. The Kier molecular flexibility index (Phi) is 4.59. The Hall–Kier alpha value is -1.58. The first-order valence-electron chi connectivity index (χ1n) is 8.03. The molecule has 1 aromatic rings. The lowest BCUT2D eigenvalue weighted by molar-refractivity contribution is -0.162. The molecule has 0 radical (unpaired) electrons. The molecule has 1 saturated carbocycles. The number of piperidine rings is 1. The average Bonchev–Trinajstić information content (AvgIpc) is 3.35. The van der Waals surface area contributed by atoms with Crippen molar-refractivity contribution in [1.29, 1.82) is 0 Å². The normalized spacial score (nSPS) is 28.0. The SMILES string of the molecule is O=C(O)[C@@]1(CC2CC2)CN(S(=O)(=O)c2cc(F)ccc2F)CC[C@H]1O. The van der Waals surface area contributed by atoms with E-state index in [1.165, 1.54) is 0 Å². The van der Waals surface area contributed by atoms with Crippen molar-refractivity contribution in [3.05, 3.63) is 29.8 Å². The van der Waals surface area contributed by atoms with Crippen LogP contribution in [0, 0.1) is 23.0 Å². The first kappa shape index (κ1) is 18.2.